The fourth-order valence-corrected chi connectivity index (χ4v) is 2.43. The lowest BCUT2D eigenvalue weighted by Crippen LogP contribution is -2.45. The van der Waals surface area contributed by atoms with Crippen LogP contribution < -0.4 is 4.90 Å². The van der Waals surface area contributed by atoms with Crippen LogP contribution in [0.15, 0.2) is 12.1 Å². The van der Waals surface area contributed by atoms with Crippen LogP contribution in [0.25, 0.3) is 0 Å². The number of nitrogens with zero attached hydrogens (tertiary/aromatic N) is 4. The van der Waals surface area contributed by atoms with Gasteiger partial charge in [0.05, 0.1) is 5.69 Å². The minimum Gasteiger partial charge on any atom is -0.443 e. The summed E-state index contributed by atoms with van der Waals surface area (Å²) in [5, 5.41) is 8.07. The number of carbonyl (C=O) groups excluding carboxylic acids is 3. The Morgan fingerprint density at radius 2 is 1.18 bits per heavy atom. The highest BCUT2D eigenvalue weighted by molar-refractivity contribution is 5.88. The molecule has 186 valence electrons. The van der Waals surface area contributed by atoms with Crippen molar-refractivity contribution in [1.82, 2.24) is 15.1 Å². The van der Waals surface area contributed by atoms with Gasteiger partial charge < -0.3 is 14.2 Å². The molecule has 0 aliphatic heterocycles. The number of anilines is 1. The molecule has 0 aromatic carbocycles. The molecule has 0 aliphatic carbocycles. The summed E-state index contributed by atoms with van der Waals surface area (Å²) in [6.07, 6.45) is -2.03. The Morgan fingerprint density at radius 3 is 1.58 bits per heavy atom. The molecule has 0 radical (unpaired) electrons. The van der Waals surface area contributed by atoms with Gasteiger partial charge in [-0.25, -0.2) is 19.3 Å². The van der Waals surface area contributed by atoms with E-state index in [2.05, 4.69) is 10.2 Å². The standard InChI is InChI=1S/C23H38N4O6/c1-16-12-13-17(25-24-16)26(18(28)31-21(2,3)4)14-11-15-27(19(29)32-22(5,6)7)20(30)33-23(8,9)10/h12-13H,11,14-15H2,1-10H3. The van der Waals surface area contributed by atoms with E-state index >= 15 is 0 Å². The monoisotopic (exact) mass is 466 g/mol. The van der Waals surface area contributed by atoms with Crippen LogP contribution >= 0.6 is 0 Å². The summed E-state index contributed by atoms with van der Waals surface area (Å²) in [5.41, 5.74) is -1.61. The normalized spacial score (nSPS) is 12.1. The maximum atomic E-state index is 12.8. The molecule has 0 spiro atoms. The number of imide groups is 1. The lowest BCUT2D eigenvalue weighted by Gasteiger charge is -2.29. The number of ether oxygens (including phenoxy) is 3. The van der Waals surface area contributed by atoms with Gasteiger partial charge in [0.25, 0.3) is 0 Å². The van der Waals surface area contributed by atoms with Crippen molar-refractivity contribution < 1.29 is 28.6 Å². The van der Waals surface area contributed by atoms with E-state index in [0.29, 0.717) is 11.5 Å². The molecule has 10 heteroatoms. The molecule has 1 aromatic heterocycles. The van der Waals surface area contributed by atoms with Gasteiger partial charge in [0.15, 0.2) is 5.82 Å². The lowest BCUT2D eigenvalue weighted by molar-refractivity contribution is 0.00141. The van der Waals surface area contributed by atoms with Crippen LogP contribution in [-0.2, 0) is 14.2 Å². The molecule has 0 N–H and O–H groups in total. The third kappa shape index (κ3) is 11.0. The molecule has 0 bridgehead atoms. The highest BCUT2D eigenvalue weighted by Crippen LogP contribution is 2.18. The maximum absolute atomic E-state index is 12.8. The van der Waals surface area contributed by atoms with Crippen molar-refractivity contribution in [2.45, 2.75) is 92.5 Å². The molecule has 10 nitrogen and oxygen atoms in total. The molecule has 0 aliphatic rings. The van der Waals surface area contributed by atoms with Crippen molar-refractivity contribution in [2.24, 2.45) is 0 Å². The second kappa shape index (κ2) is 10.8. The largest absolute Gasteiger partial charge is 0.443 e. The van der Waals surface area contributed by atoms with Gasteiger partial charge in [-0.05, 0) is 87.8 Å². The molecule has 0 unspecified atom stereocenters. The van der Waals surface area contributed by atoms with Crippen LogP contribution in [0.3, 0.4) is 0 Å². The number of aromatic nitrogens is 2. The number of amides is 3. The Hall–Kier alpha value is -2.91. The zero-order valence-electron chi connectivity index (χ0n) is 21.5. The Kier molecular flexibility index (Phi) is 9.21. The summed E-state index contributed by atoms with van der Waals surface area (Å²) in [4.78, 5) is 40.3. The molecule has 1 rings (SSSR count). The van der Waals surface area contributed by atoms with E-state index in [1.165, 1.54) is 4.90 Å². The minimum atomic E-state index is -0.823. The molecule has 33 heavy (non-hydrogen) atoms. The van der Waals surface area contributed by atoms with Crippen molar-refractivity contribution in [3.05, 3.63) is 17.8 Å². The fourth-order valence-electron chi connectivity index (χ4n) is 2.43. The van der Waals surface area contributed by atoms with Crippen LogP contribution in [0.4, 0.5) is 20.2 Å². The Balaban J connectivity index is 3.04. The van der Waals surface area contributed by atoms with Crippen molar-refractivity contribution >= 4 is 24.1 Å². The second-order valence-electron chi connectivity index (χ2n) is 10.6. The van der Waals surface area contributed by atoms with Crippen LogP contribution in [0.2, 0.25) is 0 Å². The van der Waals surface area contributed by atoms with Crippen molar-refractivity contribution in [3.63, 3.8) is 0 Å². The summed E-state index contributed by atoms with van der Waals surface area (Å²) >= 11 is 0. The van der Waals surface area contributed by atoms with Gasteiger partial charge in [-0.3, -0.25) is 4.90 Å². The number of carbonyl (C=O) groups is 3. The molecule has 1 heterocycles. The Morgan fingerprint density at radius 1 is 0.727 bits per heavy atom. The van der Waals surface area contributed by atoms with Gasteiger partial charge in [-0.2, -0.15) is 5.10 Å². The summed E-state index contributed by atoms with van der Waals surface area (Å²) in [6, 6.07) is 3.39. The first kappa shape index (κ1) is 28.1. The summed E-state index contributed by atoms with van der Waals surface area (Å²) < 4.78 is 16.2. The van der Waals surface area contributed by atoms with Gasteiger partial charge >= 0.3 is 18.3 Å². The third-order valence-electron chi connectivity index (χ3n) is 3.67. The van der Waals surface area contributed by atoms with E-state index in [-0.39, 0.29) is 19.5 Å². The molecule has 1 aromatic rings. The van der Waals surface area contributed by atoms with Crippen molar-refractivity contribution in [3.8, 4) is 0 Å². The first-order valence-electron chi connectivity index (χ1n) is 10.9. The minimum absolute atomic E-state index is 0.0393. The first-order chi connectivity index (χ1) is 14.9. The molecular formula is C23H38N4O6. The maximum Gasteiger partial charge on any atom is 0.419 e. The van der Waals surface area contributed by atoms with Crippen molar-refractivity contribution in [1.29, 1.82) is 0 Å². The molecule has 0 atom stereocenters. The van der Waals surface area contributed by atoms with Gasteiger partial charge in [-0.15, -0.1) is 5.10 Å². The Bertz CT molecular complexity index is 791. The topological polar surface area (TPSA) is 111 Å². The average molecular weight is 467 g/mol. The molecule has 0 saturated carbocycles. The number of aryl methyl sites for hydroxylation is 1. The van der Waals surface area contributed by atoms with E-state index in [1.807, 2.05) is 0 Å². The van der Waals surface area contributed by atoms with Gasteiger partial charge in [0.2, 0.25) is 0 Å². The first-order valence-corrected chi connectivity index (χ1v) is 10.9. The van der Waals surface area contributed by atoms with E-state index < -0.39 is 35.1 Å². The number of hydrogen-bond acceptors (Lipinski definition) is 8. The second-order valence-corrected chi connectivity index (χ2v) is 10.6. The number of rotatable bonds is 5. The van der Waals surface area contributed by atoms with E-state index in [9.17, 15) is 14.4 Å². The SMILES string of the molecule is Cc1ccc(N(CCCN(C(=O)OC(C)(C)C)C(=O)OC(C)(C)C)C(=O)OC(C)(C)C)nn1. The smallest absolute Gasteiger partial charge is 0.419 e. The predicted molar refractivity (Wildman–Crippen MR) is 124 cm³/mol. The highest BCUT2D eigenvalue weighted by Gasteiger charge is 2.32. The van der Waals surface area contributed by atoms with E-state index in [0.717, 1.165) is 4.90 Å². The zero-order chi connectivity index (χ0) is 25.6. The lowest BCUT2D eigenvalue weighted by atomic mass is 10.2. The van der Waals surface area contributed by atoms with Gasteiger partial charge in [-0.1, -0.05) is 0 Å². The van der Waals surface area contributed by atoms with E-state index in [1.54, 1.807) is 81.4 Å². The summed E-state index contributed by atoms with van der Waals surface area (Å²) in [6.45, 7) is 17.4. The van der Waals surface area contributed by atoms with Gasteiger partial charge in [0.1, 0.15) is 16.8 Å². The van der Waals surface area contributed by atoms with Crippen LogP contribution in [0.1, 0.15) is 74.4 Å². The van der Waals surface area contributed by atoms with Crippen molar-refractivity contribution in [2.75, 3.05) is 18.0 Å². The Labute approximate surface area is 196 Å². The van der Waals surface area contributed by atoms with Crippen LogP contribution in [0.5, 0.6) is 0 Å². The third-order valence-corrected chi connectivity index (χ3v) is 3.67. The predicted octanol–water partition coefficient (Wildman–Crippen LogP) is 5.09. The molecule has 0 saturated heterocycles. The quantitative estimate of drug-likeness (QED) is 0.552. The number of hydrogen-bond donors (Lipinski definition) is 0. The fraction of sp³-hybridized carbons (Fsp3) is 0.696. The van der Waals surface area contributed by atoms with Crippen LogP contribution in [0, 0.1) is 6.92 Å². The summed E-state index contributed by atoms with van der Waals surface area (Å²) in [5.74, 6) is 0.302. The zero-order valence-corrected chi connectivity index (χ0v) is 21.5. The molecule has 3 amide bonds. The molecule has 0 fully saturated rings. The highest BCUT2D eigenvalue weighted by atomic mass is 16.6. The van der Waals surface area contributed by atoms with E-state index in [4.69, 9.17) is 14.2 Å². The molecular weight excluding hydrogens is 428 g/mol. The van der Waals surface area contributed by atoms with Gasteiger partial charge in [0, 0.05) is 13.1 Å². The summed E-state index contributed by atoms with van der Waals surface area (Å²) in [7, 11) is 0. The average Bonchev–Trinajstić information content (AvgIpc) is 2.58. The van der Waals surface area contributed by atoms with Crippen LogP contribution in [-0.4, -0.2) is 63.3 Å².